The first-order valence-electron chi connectivity index (χ1n) is 9.02. The summed E-state index contributed by atoms with van der Waals surface area (Å²) in [5.41, 5.74) is 1.89. The fourth-order valence-corrected chi connectivity index (χ4v) is 2.83. The summed E-state index contributed by atoms with van der Waals surface area (Å²) in [5, 5.41) is 8.71. The van der Waals surface area contributed by atoms with Gasteiger partial charge in [0, 0.05) is 16.4 Å². The minimum atomic E-state index is -0.478. The molecule has 0 fully saturated rings. The second-order valence-electron chi connectivity index (χ2n) is 6.05. The highest BCUT2D eigenvalue weighted by Gasteiger charge is 2.13. The van der Waals surface area contributed by atoms with E-state index in [0.29, 0.717) is 34.3 Å². The van der Waals surface area contributed by atoms with Gasteiger partial charge >= 0.3 is 6.03 Å². The van der Waals surface area contributed by atoms with Crippen molar-refractivity contribution < 1.29 is 14.3 Å². The summed E-state index contributed by atoms with van der Waals surface area (Å²) in [7, 11) is 0. The van der Waals surface area contributed by atoms with Gasteiger partial charge in [0.15, 0.2) is 0 Å². The number of ether oxygens (including phenoxy) is 1. The molecule has 3 amide bonds. The monoisotopic (exact) mass is 409 g/mol. The third-order valence-electron chi connectivity index (χ3n) is 3.93. The number of rotatable bonds is 6. The molecule has 3 aromatic rings. The normalized spacial score (nSPS) is 10.1. The van der Waals surface area contributed by atoms with Crippen LogP contribution in [0.3, 0.4) is 0 Å². The van der Waals surface area contributed by atoms with E-state index in [4.69, 9.17) is 16.3 Å². The van der Waals surface area contributed by atoms with E-state index in [0.717, 1.165) is 5.75 Å². The highest BCUT2D eigenvalue weighted by molar-refractivity contribution is 6.30. The van der Waals surface area contributed by atoms with Gasteiger partial charge in [0.1, 0.15) is 5.75 Å². The number of para-hydroxylation sites is 1. The standard InChI is InChI=1S/C22H20ClN3O3/c1-2-29-18-12-10-16(11-13-18)24-21(27)19-8-3-4-9-20(19)26-22(28)25-17-7-5-6-15(23)14-17/h3-14H,2H2,1H3,(H,24,27)(H2,25,26,28). The van der Waals surface area contributed by atoms with Crippen molar-refractivity contribution in [3.8, 4) is 5.75 Å². The molecule has 0 radical (unpaired) electrons. The third-order valence-corrected chi connectivity index (χ3v) is 4.16. The highest BCUT2D eigenvalue weighted by atomic mass is 35.5. The number of carbonyl (C=O) groups is 2. The van der Waals surface area contributed by atoms with Crippen LogP contribution >= 0.6 is 11.6 Å². The van der Waals surface area contributed by atoms with Gasteiger partial charge in [-0.15, -0.1) is 0 Å². The fraction of sp³-hybridized carbons (Fsp3) is 0.0909. The average molecular weight is 410 g/mol. The topological polar surface area (TPSA) is 79.5 Å². The number of hydrogen-bond donors (Lipinski definition) is 3. The maximum atomic E-state index is 12.7. The molecular formula is C22H20ClN3O3. The van der Waals surface area contributed by atoms with Crippen LogP contribution < -0.4 is 20.7 Å². The third kappa shape index (κ3) is 5.73. The number of benzene rings is 3. The second kappa shape index (κ2) is 9.61. The second-order valence-corrected chi connectivity index (χ2v) is 6.48. The molecule has 3 N–H and O–H groups in total. The van der Waals surface area contributed by atoms with Crippen LogP contribution in [0.2, 0.25) is 5.02 Å². The van der Waals surface area contributed by atoms with E-state index in [1.165, 1.54) is 0 Å². The van der Waals surface area contributed by atoms with Crippen LogP contribution in [0.5, 0.6) is 5.75 Å². The summed E-state index contributed by atoms with van der Waals surface area (Å²) in [6, 6.07) is 20.1. The zero-order valence-electron chi connectivity index (χ0n) is 15.7. The average Bonchev–Trinajstić information content (AvgIpc) is 2.70. The molecule has 3 aromatic carbocycles. The molecule has 0 aliphatic carbocycles. The summed E-state index contributed by atoms with van der Waals surface area (Å²) in [4.78, 5) is 25.0. The van der Waals surface area contributed by atoms with Gasteiger partial charge in [-0.05, 0) is 61.5 Å². The largest absolute Gasteiger partial charge is 0.494 e. The Hall–Kier alpha value is -3.51. The summed E-state index contributed by atoms with van der Waals surface area (Å²) >= 11 is 5.93. The molecule has 0 unspecified atom stereocenters. The summed E-state index contributed by atoms with van der Waals surface area (Å²) < 4.78 is 5.39. The number of urea groups is 1. The van der Waals surface area contributed by atoms with Crippen LogP contribution in [0, 0.1) is 0 Å². The first-order valence-corrected chi connectivity index (χ1v) is 9.40. The van der Waals surface area contributed by atoms with Crippen LogP contribution in [0.4, 0.5) is 21.9 Å². The van der Waals surface area contributed by atoms with Crippen molar-refractivity contribution in [2.75, 3.05) is 22.6 Å². The number of nitrogens with one attached hydrogen (secondary N) is 3. The minimum Gasteiger partial charge on any atom is -0.494 e. The summed E-state index contributed by atoms with van der Waals surface area (Å²) in [6.07, 6.45) is 0. The van der Waals surface area contributed by atoms with Crippen molar-refractivity contribution in [2.24, 2.45) is 0 Å². The van der Waals surface area contributed by atoms with Crippen LogP contribution in [-0.2, 0) is 0 Å². The first kappa shape index (κ1) is 20.2. The van der Waals surface area contributed by atoms with Crippen LogP contribution in [0.15, 0.2) is 72.8 Å². The van der Waals surface area contributed by atoms with E-state index in [-0.39, 0.29) is 5.91 Å². The SMILES string of the molecule is CCOc1ccc(NC(=O)c2ccccc2NC(=O)Nc2cccc(Cl)c2)cc1. The molecule has 148 valence electrons. The molecule has 3 rings (SSSR count). The number of anilines is 3. The molecule has 0 bridgehead atoms. The molecule has 0 aromatic heterocycles. The molecule has 0 aliphatic heterocycles. The van der Waals surface area contributed by atoms with Crippen molar-refractivity contribution in [2.45, 2.75) is 6.92 Å². The van der Waals surface area contributed by atoms with Crippen LogP contribution in [-0.4, -0.2) is 18.5 Å². The smallest absolute Gasteiger partial charge is 0.323 e. The predicted octanol–water partition coefficient (Wildman–Crippen LogP) is 5.64. The molecule has 29 heavy (non-hydrogen) atoms. The molecule has 0 heterocycles. The van der Waals surface area contributed by atoms with E-state index >= 15 is 0 Å². The lowest BCUT2D eigenvalue weighted by atomic mass is 10.1. The van der Waals surface area contributed by atoms with E-state index in [1.54, 1.807) is 72.8 Å². The van der Waals surface area contributed by atoms with Gasteiger partial charge in [-0.3, -0.25) is 4.79 Å². The van der Waals surface area contributed by atoms with E-state index in [2.05, 4.69) is 16.0 Å². The highest BCUT2D eigenvalue weighted by Crippen LogP contribution is 2.20. The van der Waals surface area contributed by atoms with Crippen molar-refractivity contribution in [1.82, 2.24) is 0 Å². The van der Waals surface area contributed by atoms with E-state index in [1.807, 2.05) is 6.92 Å². The van der Waals surface area contributed by atoms with Crippen molar-refractivity contribution in [3.05, 3.63) is 83.4 Å². The summed E-state index contributed by atoms with van der Waals surface area (Å²) in [6.45, 7) is 2.48. The lowest BCUT2D eigenvalue weighted by Gasteiger charge is -2.13. The number of hydrogen-bond acceptors (Lipinski definition) is 3. The lowest BCUT2D eigenvalue weighted by molar-refractivity contribution is 0.102. The van der Waals surface area contributed by atoms with Gasteiger partial charge in [-0.25, -0.2) is 4.79 Å². The van der Waals surface area contributed by atoms with Gasteiger partial charge < -0.3 is 20.7 Å². The maximum absolute atomic E-state index is 12.7. The molecule has 0 aliphatic rings. The lowest BCUT2D eigenvalue weighted by Crippen LogP contribution is -2.22. The Kier molecular flexibility index (Phi) is 6.71. The molecule has 0 atom stereocenters. The molecule has 6 nitrogen and oxygen atoms in total. The van der Waals surface area contributed by atoms with Crippen LogP contribution in [0.25, 0.3) is 0 Å². The minimum absolute atomic E-state index is 0.336. The van der Waals surface area contributed by atoms with Gasteiger partial charge in [-0.1, -0.05) is 29.8 Å². The Morgan fingerprint density at radius 2 is 1.62 bits per heavy atom. The molecule has 0 saturated heterocycles. The quantitative estimate of drug-likeness (QED) is 0.493. The zero-order valence-corrected chi connectivity index (χ0v) is 16.5. The Bertz CT molecular complexity index is 1010. The zero-order chi connectivity index (χ0) is 20.6. The van der Waals surface area contributed by atoms with Gasteiger partial charge in [0.2, 0.25) is 0 Å². The van der Waals surface area contributed by atoms with Crippen molar-refractivity contribution >= 4 is 40.6 Å². The Morgan fingerprint density at radius 1 is 0.862 bits per heavy atom. The van der Waals surface area contributed by atoms with Gasteiger partial charge in [-0.2, -0.15) is 0 Å². The fourth-order valence-electron chi connectivity index (χ4n) is 2.64. The van der Waals surface area contributed by atoms with Crippen molar-refractivity contribution in [3.63, 3.8) is 0 Å². The Labute approximate surface area is 173 Å². The predicted molar refractivity (Wildman–Crippen MR) is 116 cm³/mol. The summed E-state index contributed by atoms with van der Waals surface area (Å²) in [5.74, 6) is 0.387. The molecule has 0 saturated carbocycles. The number of carbonyl (C=O) groups excluding carboxylic acids is 2. The van der Waals surface area contributed by atoms with Crippen molar-refractivity contribution in [1.29, 1.82) is 0 Å². The maximum Gasteiger partial charge on any atom is 0.323 e. The molecule has 7 heteroatoms. The van der Waals surface area contributed by atoms with E-state index < -0.39 is 6.03 Å². The molecular weight excluding hydrogens is 390 g/mol. The Morgan fingerprint density at radius 3 is 2.34 bits per heavy atom. The Balaban J connectivity index is 1.69. The van der Waals surface area contributed by atoms with Gasteiger partial charge in [0.05, 0.1) is 17.9 Å². The first-order chi connectivity index (χ1) is 14.0. The number of halogens is 1. The molecule has 0 spiro atoms. The van der Waals surface area contributed by atoms with E-state index in [9.17, 15) is 9.59 Å². The van der Waals surface area contributed by atoms with Gasteiger partial charge in [0.25, 0.3) is 5.91 Å². The number of amides is 3. The van der Waals surface area contributed by atoms with Crippen LogP contribution in [0.1, 0.15) is 17.3 Å².